The highest BCUT2D eigenvalue weighted by molar-refractivity contribution is 6.07. The molecule has 1 unspecified atom stereocenters. The number of fused-ring (bicyclic) bond motifs is 1. The predicted octanol–water partition coefficient (Wildman–Crippen LogP) is 1.09. The molecule has 1 saturated heterocycles. The van der Waals surface area contributed by atoms with E-state index in [4.69, 9.17) is 0 Å². The second-order valence-electron chi connectivity index (χ2n) is 4.59. The van der Waals surface area contributed by atoms with E-state index in [1.807, 2.05) is 30.3 Å². The fourth-order valence-electron chi connectivity index (χ4n) is 2.25. The van der Waals surface area contributed by atoms with Gasteiger partial charge in [-0.15, -0.1) is 0 Å². The first-order valence-electron chi connectivity index (χ1n) is 6.11. The Morgan fingerprint density at radius 1 is 1.32 bits per heavy atom. The lowest BCUT2D eigenvalue weighted by atomic mass is 10.1. The number of nitrogens with zero attached hydrogens (tertiary/aromatic N) is 2. The van der Waals surface area contributed by atoms with Crippen LogP contribution in [0, 0.1) is 0 Å². The van der Waals surface area contributed by atoms with Crippen LogP contribution in [0.1, 0.15) is 6.92 Å². The zero-order valence-corrected chi connectivity index (χ0v) is 10.5. The maximum Gasteiger partial charge on any atom is 0.249 e. The molecule has 3 rings (SSSR count). The van der Waals surface area contributed by atoms with Gasteiger partial charge in [0, 0.05) is 17.3 Å². The van der Waals surface area contributed by atoms with Gasteiger partial charge in [0.15, 0.2) is 0 Å². The average Bonchev–Trinajstić information content (AvgIpc) is 2.42. The minimum Gasteiger partial charge on any atom is -0.343 e. The van der Waals surface area contributed by atoms with Gasteiger partial charge in [0.25, 0.3) is 0 Å². The summed E-state index contributed by atoms with van der Waals surface area (Å²) in [6.07, 6.45) is 1.73. The monoisotopic (exact) mass is 255 g/mol. The molecule has 1 aliphatic heterocycles. The lowest BCUT2D eigenvalue weighted by Crippen LogP contribution is -2.57. The summed E-state index contributed by atoms with van der Waals surface area (Å²) in [4.78, 5) is 29.4. The fraction of sp³-hybridized carbons (Fsp3) is 0.214. The Hall–Kier alpha value is -2.43. The normalized spacial score (nSPS) is 19.6. The average molecular weight is 255 g/mol. The van der Waals surface area contributed by atoms with E-state index in [-0.39, 0.29) is 18.4 Å². The molecule has 0 radical (unpaired) electrons. The molecule has 5 nitrogen and oxygen atoms in total. The predicted molar refractivity (Wildman–Crippen MR) is 71.7 cm³/mol. The summed E-state index contributed by atoms with van der Waals surface area (Å²) in [5.74, 6) is -0.235. The quantitative estimate of drug-likeness (QED) is 0.829. The number of carbonyl (C=O) groups excluding carboxylic acids is 2. The van der Waals surface area contributed by atoms with Crippen LogP contribution < -0.4 is 10.2 Å². The number of pyridine rings is 1. The van der Waals surface area contributed by atoms with Crippen LogP contribution in [0.15, 0.2) is 36.5 Å². The van der Waals surface area contributed by atoms with E-state index in [1.165, 1.54) is 4.90 Å². The number of hydrogen-bond donors (Lipinski definition) is 1. The Kier molecular flexibility index (Phi) is 2.67. The highest BCUT2D eigenvalue weighted by Gasteiger charge is 2.30. The van der Waals surface area contributed by atoms with Crippen LogP contribution in [0.5, 0.6) is 0 Å². The molecule has 0 aliphatic carbocycles. The largest absolute Gasteiger partial charge is 0.343 e. The molecule has 1 aliphatic rings. The third-order valence-corrected chi connectivity index (χ3v) is 3.21. The number of nitrogens with one attached hydrogen (secondary N) is 1. The third kappa shape index (κ3) is 2.03. The summed E-state index contributed by atoms with van der Waals surface area (Å²) in [5.41, 5.74) is 1.60. The zero-order chi connectivity index (χ0) is 13.4. The lowest BCUT2D eigenvalue weighted by Gasteiger charge is -2.30. The van der Waals surface area contributed by atoms with E-state index < -0.39 is 6.04 Å². The fourth-order valence-corrected chi connectivity index (χ4v) is 2.25. The second kappa shape index (κ2) is 4.35. The number of piperazine rings is 1. The molecule has 0 bridgehead atoms. The highest BCUT2D eigenvalue weighted by atomic mass is 16.2. The molecular formula is C14H13N3O2. The van der Waals surface area contributed by atoms with E-state index in [0.29, 0.717) is 0 Å². The molecule has 0 saturated carbocycles. The number of amides is 2. The molecule has 0 spiro atoms. The van der Waals surface area contributed by atoms with E-state index >= 15 is 0 Å². The van der Waals surface area contributed by atoms with Gasteiger partial charge in [0.1, 0.15) is 12.6 Å². The van der Waals surface area contributed by atoms with Crippen molar-refractivity contribution in [1.82, 2.24) is 10.3 Å². The summed E-state index contributed by atoms with van der Waals surface area (Å²) < 4.78 is 0. The van der Waals surface area contributed by atoms with Gasteiger partial charge in [-0.25, -0.2) is 0 Å². The lowest BCUT2D eigenvalue weighted by molar-refractivity contribution is -0.130. The molecule has 2 aromatic rings. The summed E-state index contributed by atoms with van der Waals surface area (Å²) >= 11 is 0. The van der Waals surface area contributed by atoms with Crippen molar-refractivity contribution in [2.24, 2.45) is 0 Å². The van der Waals surface area contributed by atoms with Crippen molar-refractivity contribution < 1.29 is 9.59 Å². The van der Waals surface area contributed by atoms with Crippen LogP contribution in [0.4, 0.5) is 5.69 Å². The van der Waals surface area contributed by atoms with E-state index in [2.05, 4.69) is 10.3 Å². The van der Waals surface area contributed by atoms with Crippen molar-refractivity contribution >= 4 is 28.4 Å². The smallest absolute Gasteiger partial charge is 0.249 e. The summed E-state index contributed by atoms with van der Waals surface area (Å²) in [7, 11) is 0. The number of benzene rings is 1. The maximum absolute atomic E-state index is 12.1. The van der Waals surface area contributed by atoms with Gasteiger partial charge in [-0.05, 0) is 31.2 Å². The van der Waals surface area contributed by atoms with Crippen LogP contribution >= 0.6 is 0 Å². The van der Waals surface area contributed by atoms with E-state index in [0.717, 1.165) is 16.6 Å². The molecule has 96 valence electrons. The Morgan fingerprint density at radius 2 is 2.16 bits per heavy atom. The molecular weight excluding hydrogens is 242 g/mol. The van der Waals surface area contributed by atoms with E-state index in [1.54, 1.807) is 13.1 Å². The van der Waals surface area contributed by atoms with Crippen molar-refractivity contribution in [3.05, 3.63) is 36.5 Å². The molecule has 1 aromatic carbocycles. The standard InChI is InChI=1S/C14H13N3O2/c1-9-14(19)17(8-13(18)16-9)11-4-5-12-10(7-11)3-2-6-15-12/h2-7,9H,8H2,1H3,(H,16,18). The molecule has 1 atom stereocenters. The summed E-state index contributed by atoms with van der Waals surface area (Å²) in [6.45, 7) is 1.75. The van der Waals surface area contributed by atoms with Gasteiger partial charge < -0.3 is 10.2 Å². The maximum atomic E-state index is 12.1. The molecule has 1 N–H and O–H groups in total. The molecule has 1 aromatic heterocycles. The molecule has 2 heterocycles. The van der Waals surface area contributed by atoms with Gasteiger partial charge in [-0.3, -0.25) is 14.6 Å². The Bertz CT molecular complexity index is 669. The third-order valence-electron chi connectivity index (χ3n) is 3.21. The molecule has 2 amide bonds. The number of carbonyl (C=O) groups is 2. The van der Waals surface area contributed by atoms with Crippen LogP contribution in [0.3, 0.4) is 0 Å². The van der Waals surface area contributed by atoms with Crippen molar-refractivity contribution in [1.29, 1.82) is 0 Å². The van der Waals surface area contributed by atoms with Gasteiger partial charge in [-0.1, -0.05) is 6.07 Å². The number of aromatic nitrogens is 1. The zero-order valence-electron chi connectivity index (χ0n) is 10.5. The minimum absolute atomic E-state index is 0.0644. The van der Waals surface area contributed by atoms with Crippen molar-refractivity contribution in [2.75, 3.05) is 11.4 Å². The number of hydrogen-bond acceptors (Lipinski definition) is 3. The Balaban J connectivity index is 2.03. The first-order chi connectivity index (χ1) is 9.15. The van der Waals surface area contributed by atoms with Crippen molar-refractivity contribution in [2.45, 2.75) is 13.0 Å². The first-order valence-corrected chi connectivity index (χ1v) is 6.11. The number of anilines is 1. The van der Waals surface area contributed by atoms with Crippen LogP contribution in [0.2, 0.25) is 0 Å². The molecule has 19 heavy (non-hydrogen) atoms. The topological polar surface area (TPSA) is 62.3 Å². The molecule has 5 heteroatoms. The Labute approximate surface area is 110 Å². The molecule has 1 fully saturated rings. The Morgan fingerprint density at radius 3 is 3.00 bits per heavy atom. The summed E-state index contributed by atoms with van der Waals surface area (Å²) in [6, 6.07) is 8.86. The van der Waals surface area contributed by atoms with Gasteiger partial charge in [0.2, 0.25) is 11.8 Å². The van der Waals surface area contributed by atoms with Crippen LogP contribution in [-0.2, 0) is 9.59 Å². The van der Waals surface area contributed by atoms with Crippen LogP contribution in [0.25, 0.3) is 10.9 Å². The van der Waals surface area contributed by atoms with Gasteiger partial charge in [0.05, 0.1) is 5.52 Å². The van der Waals surface area contributed by atoms with Crippen molar-refractivity contribution in [3.63, 3.8) is 0 Å². The second-order valence-corrected chi connectivity index (χ2v) is 4.59. The van der Waals surface area contributed by atoms with Crippen LogP contribution in [-0.4, -0.2) is 29.4 Å². The van der Waals surface area contributed by atoms with Gasteiger partial charge in [-0.2, -0.15) is 0 Å². The first kappa shape index (κ1) is 11.6. The van der Waals surface area contributed by atoms with E-state index in [9.17, 15) is 9.59 Å². The van der Waals surface area contributed by atoms with Crippen molar-refractivity contribution in [3.8, 4) is 0 Å². The minimum atomic E-state index is -0.481. The van der Waals surface area contributed by atoms with Gasteiger partial charge >= 0.3 is 0 Å². The summed E-state index contributed by atoms with van der Waals surface area (Å²) in [5, 5.41) is 3.57. The highest BCUT2D eigenvalue weighted by Crippen LogP contribution is 2.22. The SMILES string of the molecule is CC1NC(=O)CN(c2ccc3ncccc3c2)C1=O. The number of rotatable bonds is 1.